The summed E-state index contributed by atoms with van der Waals surface area (Å²) in [6.07, 6.45) is 1.76. The largest absolute Gasteiger partial charge is 0.497 e. The van der Waals surface area contributed by atoms with E-state index in [1.807, 2.05) is 66.7 Å². The second-order valence-electron chi connectivity index (χ2n) is 7.51. The van der Waals surface area contributed by atoms with Crippen molar-refractivity contribution in [1.29, 1.82) is 0 Å². The fourth-order valence-electron chi connectivity index (χ4n) is 3.33. The lowest BCUT2D eigenvalue weighted by Crippen LogP contribution is -2.27. The van der Waals surface area contributed by atoms with Gasteiger partial charge in [0.15, 0.2) is 5.82 Å². The molecule has 33 heavy (non-hydrogen) atoms. The van der Waals surface area contributed by atoms with E-state index in [9.17, 15) is 4.79 Å². The zero-order chi connectivity index (χ0) is 22.9. The third-order valence-electron chi connectivity index (χ3n) is 5.02. The molecule has 0 radical (unpaired) electrons. The molecule has 0 bridgehead atoms. The van der Waals surface area contributed by atoms with Crippen LogP contribution in [0.15, 0.2) is 78.9 Å². The van der Waals surface area contributed by atoms with E-state index < -0.39 is 0 Å². The van der Waals surface area contributed by atoms with Gasteiger partial charge in [-0.05, 0) is 47.4 Å². The number of ether oxygens (including phenoxy) is 2. The summed E-state index contributed by atoms with van der Waals surface area (Å²) in [6.45, 7) is 0.624. The third kappa shape index (κ3) is 6.89. The summed E-state index contributed by atoms with van der Waals surface area (Å²) in [5.41, 5.74) is 3.21. The summed E-state index contributed by atoms with van der Waals surface area (Å²) in [4.78, 5) is 16.7. The molecule has 4 rings (SSSR count). The predicted molar refractivity (Wildman–Crippen MR) is 129 cm³/mol. The highest BCUT2D eigenvalue weighted by molar-refractivity contribution is 7.07. The normalized spacial score (nSPS) is 10.6. The Kier molecular flexibility index (Phi) is 7.66. The highest BCUT2D eigenvalue weighted by Gasteiger charge is 2.09. The number of benzene rings is 3. The molecule has 0 aliphatic heterocycles. The first-order valence-electron chi connectivity index (χ1n) is 10.7. The number of carbonyl (C=O) groups is 1. The SMILES string of the molecule is COc1cccc(Cc2nsc(Oc3ccc(CC(=O)NCCc4ccccc4)cc3)n2)c1. The standard InChI is InChI=1S/C26H25N3O3S/c1-31-23-9-5-8-21(16-23)17-24-28-26(33-29-24)32-22-12-10-20(11-13-22)18-25(30)27-15-14-19-6-3-2-4-7-19/h2-13,16H,14-15,17-18H2,1H3,(H,27,30). The van der Waals surface area contributed by atoms with Crippen molar-refractivity contribution in [3.8, 4) is 16.7 Å². The van der Waals surface area contributed by atoms with Crippen LogP contribution in [0.1, 0.15) is 22.5 Å². The Balaban J connectivity index is 1.25. The minimum atomic E-state index is 0.00547. The number of nitrogens with one attached hydrogen (secondary N) is 1. The topological polar surface area (TPSA) is 73.3 Å². The molecule has 0 saturated carbocycles. The van der Waals surface area contributed by atoms with Gasteiger partial charge in [0.25, 0.3) is 5.19 Å². The van der Waals surface area contributed by atoms with Crippen molar-refractivity contribution in [2.45, 2.75) is 19.3 Å². The van der Waals surface area contributed by atoms with Gasteiger partial charge in [-0.3, -0.25) is 4.79 Å². The monoisotopic (exact) mass is 459 g/mol. The van der Waals surface area contributed by atoms with E-state index in [-0.39, 0.29) is 5.91 Å². The molecule has 168 valence electrons. The van der Waals surface area contributed by atoms with Crippen molar-refractivity contribution in [2.75, 3.05) is 13.7 Å². The number of nitrogens with zero attached hydrogens (tertiary/aromatic N) is 2. The van der Waals surface area contributed by atoms with Gasteiger partial charge < -0.3 is 14.8 Å². The van der Waals surface area contributed by atoms with Crippen LogP contribution in [0, 0.1) is 0 Å². The van der Waals surface area contributed by atoms with Crippen LogP contribution in [0.5, 0.6) is 16.7 Å². The lowest BCUT2D eigenvalue weighted by atomic mass is 10.1. The maximum atomic E-state index is 12.2. The molecule has 0 aliphatic rings. The Labute approximate surface area is 197 Å². The summed E-state index contributed by atoms with van der Waals surface area (Å²) in [5, 5.41) is 3.45. The van der Waals surface area contributed by atoms with Crippen molar-refractivity contribution in [3.05, 3.63) is 101 Å². The Bertz CT molecular complexity index is 1180. The summed E-state index contributed by atoms with van der Waals surface area (Å²) < 4.78 is 15.5. The van der Waals surface area contributed by atoms with Gasteiger partial charge >= 0.3 is 0 Å². The van der Waals surface area contributed by atoms with E-state index >= 15 is 0 Å². The Hall–Kier alpha value is -3.71. The zero-order valence-corrected chi connectivity index (χ0v) is 19.2. The Morgan fingerprint density at radius 1 is 0.909 bits per heavy atom. The molecule has 1 amide bonds. The lowest BCUT2D eigenvalue weighted by Gasteiger charge is -2.06. The van der Waals surface area contributed by atoms with Crippen LogP contribution in [-0.4, -0.2) is 28.9 Å². The van der Waals surface area contributed by atoms with Crippen LogP contribution >= 0.6 is 11.5 Å². The molecule has 6 nitrogen and oxygen atoms in total. The van der Waals surface area contributed by atoms with Gasteiger partial charge in [-0.2, -0.15) is 9.36 Å². The van der Waals surface area contributed by atoms with Crippen molar-refractivity contribution in [3.63, 3.8) is 0 Å². The number of amides is 1. The first kappa shape index (κ1) is 22.5. The fourth-order valence-corrected chi connectivity index (χ4v) is 3.90. The van der Waals surface area contributed by atoms with Crippen LogP contribution < -0.4 is 14.8 Å². The van der Waals surface area contributed by atoms with E-state index in [2.05, 4.69) is 26.8 Å². The summed E-state index contributed by atoms with van der Waals surface area (Å²) in [5.74, 6) is 2.18. The average molecular weight is 460 g/mol. The van der Waals surface area contributed by atoms with E-state index in [1.54, 1.807) is 7.11 Å². The van der Waals surface area contributed by atoms with Crippen molar-refractivity contribution in [1.82, 2.24) is 14.7 Å². The van der Waals surface area contributed by atoms with E-state index in [1.165, 1.54) is 17.1 Å². The highest BCUT2D eigenvalue weighted by Crippen LogP contribution is 2.25. The van der Waals surface area contributed by atoms with Gasteiger partial charge in [-0.25, -0.2) is 0 Å². The van der Waals surface area contributed by atoms with Crippen molar-refractivity contribution in [2.24, 2.45) is 0 Å². The molecule has 0 unspecified atom stereocenters. The van der Waals surface area contributed by atoms with Gasteiger partial charge in [0.2, 0.25) is 5.91 Å². The zero-order valence-electron chi connectivity index (χ0n) is 18.4. The van der Waals surface area contributed by atoms with Crippen molar-refractivity contribution < 1.29 is 14.3 Å². The number of carbonyl (C=O) groups excluding carboxylic acids is 1. The minimum Gasteiger partial charge on any atom is -0.497 e. The minimum absolute atomic E-state index is 0.00547. The smallest absolute Gasteiger partial charge is 0.298 e. The second kappa shape index (κ2) is 11.2. The number of rotatable bonds is 10. The van der Waals surface area contributed by atoms with Crippen LogP contribution in [0.3, 0.4) is 0 Å². The first-order valence-corrected chi connectivity index (χ1v) is 11.5. The molecule has 0 fully saturated rings. The Morgan fingerprint density at radius 2 is 1.70 bits per heavy atom. The molecule has 1 N–H and O–H groups in total. The van der Waals surface area contributed by atoms with E-state index in [4.69, 9.17) is 9.47 Å². The molecule has 7 heteroatoms. The average Bonchev–Trinajstić information content (AvgIpc) is 3.27. The van der Waals surface area contributed by atoms with Gasteiger partial charge in [0.1, 0.15) is 11.5 Å². The summed E-state index contributed by atoms with van der Waals surface area (Å²) >= 11 is 1.22. The van der Waals surface area contributed by atoms with Crippen LogP contribution in [0.25, 0.3) is 0 Å². The molecule has 3 aromatic carbocycles. The maximum Gasteiger partial charge on any atom is 0.298 e. The molecular weight excluding hydrogens is 434 g/mol. The number of hydrogen-bond acceptors (Lipinski definition) is 6. The third-order valence-corrected chi connectivity index (χ3v) is 5.65. The van der Waals surface area contributed by atoms with Gasteiger partial charge in [-0.15, -0.1) is 0 Å². The summed E-state index contributed by atoms with van der Waals surface area (Å²) in [6, 6.07) is 25.4. The molecule has 0 spiro atoms. The van der Waals surface area contributed by atoms with Gasteiger partial charge in [0.05, 0.1) is 13.5 Å². The highest BCUT2D eigenvalue weighted by atomic mass is 32.1. The van der Waals surface area contributed by atoms with E-state index in [0.717, 1.165) is 23.3 Å². The quantitative estimate of drug-likeness (QED) is 0.368. The predicted octanol–water partition coefficient (Wildman–Crippen LogP) is 4.83. The Morgan fingerprint density at radius 3 is 2.48 bits per heavy atom. The van der Waals surface area contributed by atoms with Gasteiger partial charge in [-0.1, -0.05) is 54.6 Å². The molecular formula is C26H25N3O3S. The van der Waals surface area contributed by atoms with Crippen LogP contribution in [-0.2, 0) is 24.1 Å². The number of methoxy groups -OCH3 is 1. The van der Waals surface area contributed by atoms with Crippen LogP contribution in [0.4, 0.5) is 0 Å². The molecule has 1 heterocycles. The first-order chi connectivity index (χ1) is 16.2. The number of aromatic nitrogens is 2. The molecule has 0 aliphatic carbocycles. The summed E-state index contributed by atoms with van der Waals surface area (Å²) in [7, 11) is 1.65. The number of hydrogen-bond donors (Lipinski definition) is 1. The van der Waals surface area contributed by atoms with E-state index in [0.29, 0.717) is 36.2 Å². The molecule has 0 atom stereocenters. The fraction of sp³-hybridized carbons (Fsp3) is 0.192. The second-order valence-corrected chi connectivity index (χ2v) is 8.23. The molecule has 1 aromatic heterocycles. The van der Waals surface area contributed by atoms with Gasteiger partial charge in [0, 0.05) is 24.5 Å². The lowest BCUT2D eigenvalue weighted by molar-refractivity contribution is -0.120. The molecule has 4 aromatic rings. The van der Waals surface area contributed by atoms with Crippen molar-refractivity contribution >= 4 is 17.4 Å². The molecule has 0 saturated heterocycles. The maximum absolute atomic E-state index is 12.2. The van der Waals surface area contributed by atoms with Crippen LogP contribution in [0.2, 0.25) is 0 Å².